The van der Waals surface area contributed by atoms with Crippen LogP contribution in [0.5, 0.6) is 0 Å². The van der Waals surface area contributed by atoms with E-state index >= 15 is 0 Å². The zero-order valence-corrected chi connectivity index (χ0v) is 13.6. The van der Waals surface area contributed by atoms with Crippen molar-refractivity contribution in [2.24, 2.45) is 11.3 Å². The van der Waals surface area contributed by atoms with E-state index in [1.54, 1.807) is 0 Å². The van der Waals surface area contributed by atoms with E-state index < -0.39 is 0 Å². The highest BCUT2D eigenvalue weighted by molar-refractivity contribution is 5.88. The summed E-state index contributed by atoms with van der Waals surface area (Å²) in [4.78, 5) is 12.6. The Kier molecular flexibility index (Phi) is 6.56. The quantitative estimate of drug-likeness (QED) is 0.634. The fourth-order valence-corrected chi connectivity index (χ4v) is 1.72. The average molecular weight is 256 g/mol. The number of carbonyl (C=O) groups excluding carboxylic acids is 1. The Balaban J connectivity index is 4.95. The normalized spacial score (nSPS) is 14.9. The third kappa shape index (κ3) is 5.51. The van der Waals surface area contributed by atoms with E-state index in [0.717, 1.165) is 19.3 Å². The maximum atomic E-state index is 12.6. The SMILES string of the molecule is CCC(C)(C)OC(CC(C)C)C(=O)C(C)(C)CC. The molecule has 0 N–H and O–H groups in total. The molecule has 0 saturated heterocycles. The lowest BCUT2D eigenvalue weighted by Gasteiger charge is -2.34. The molecule has 0 aliphatic rings. The number of Topliss-reactive ketones (excluding diaryl/α,β-unsaturated/α-hetero) is 1. The molecule has 0 aromatic rings. The van der Waals surface area contributed by atoms with Crippen molar-refractivity contribution in [2.45, 2.75) is 86.4 Å². The zero-order valence-electron chi connectivity index (χ0n) is 13.6. The van der Waals surface area contributed by atoms with Crippen LogP contribution >= 0.6 is 0 Å². The number of rotatable bonds is 8. The minimum absolute atomic E-state index is 0.223. The first-order valence-corrected chi connectivity index (χ1v) is 7.28. The highest BCUT2D eigenvalue weighted by Crippen LogP contribution is 2.29. The topological polar surface area (TPSA) is 26.3 Å². The average Bonchev–Trinajstić information content (AvgIpc) is 2.26. The lowest BCUT2D eigenvalue weighted by atomic mass is 9.80. The number of ether oxygens (including phenoxy) is 1. The predicted octanol–water partition coefficient (Wildman–Crippen LogP) is 4.61. The molecule has 0 aliphatic carbocycles. The van der Waals surface area contributed by atoms with Crippen molar-refractivity contribution in [1.29, 1.82) is 0 Å². The standard InChI is InChI=1S/C16H32O2/c1-9-15(5,6)14(17)13(11-12(3)4)18-16(7,8)10-2/h12-13H,9-11H2,1-8H3. The van der Waals surface area contributed by atoms with Gasteiger partial charge in [0.1, 0.15) is 6.10 Å². The van der Waals surface area contributed by atoms with Gasteiger partial charge in [0, 0.05) is 5.41 Å². The van der Waals surface area contributed by atoms with Gasteiger partial charge in [-0.25, -0.2) is 0 Å². The lowest BCUT2D eigenvalue weighted by Crippen LogP contribution is -2.41. The molecular weight excluding hydrogens is 224 g/mol. The minimum Gasteiger partial charge on any atom is -0.365 e. The molecule has 0 heterocycles. The Bertz CT molecular complexity index is 264. The van der Waals surface area contributed by atoms with Crippen LogP contribution in [-0.4, -0.2) is 17.5 Å². The molecule has 0 spiro atoms. The first-order valence-electron chi connectivity index (χ1n) is 7.28. The number of carbonyl (C=O) groups is 1. The van der Waals surface area contributed by atoms with E-state index in [0.29, 0.717) is 5.92 Å². The maximum absolute atomic E-state index is 12.6. The van der Waals surface area contributed by atoms with Gasteiger partial charge in [0.2, 0.25) is 0 Å². The smallest absolute Gasteiger partial charge is 0.167 e. The van der Waals surface area contributed by atoms with Gasteiger partial charge < -0.3 is 4.74 Å². The number of ketones is 1. The molecule has 0 saturated carbocycles. The molecule has 18 heavy (non-hydrogen) atoms. The zero-order chi connectivity index (χ0) is 14.6. The van der Waals surface area contributed by atoms with Crippen molar-refractivity contribution < 1.29 is 9.53 Å². The van der Waals surface area contributed by atoms with Crippen LogP contribution in [0.3, 0.4) is 0 Å². The molecule has 1 unspecified atom stereocenters. The van der Waals surface area contributed by atoms with Crippen LogP contribution in [-0.2, 0) is 9.53 Å². The summed E-state index contributed by atoms with van der Waals surface area (Å²) < 4.78 is 6.10. The molecule has 0 rings (SSSR count). The second kappa shape index (κ2) is 6.70. The fourth-order valence-electron chi connectivity index (χ4n) is 1.72. The maximum Gasteiger partial charge on any atom is 0.167 e. The van der Waals surface area contributed by atoms with Crippen LogP contribution in [0.1, 0.15) is 74.7 Å². The van der Waals surface area contributed by atoms with Gasteiger partial charge in [-0.15, -0.1) is 0 Å². The van der Waals surface area contributed by atoms with Gasteiger partial charge in [0.15, 0.2) is 5.78 Å². The summed E-state index contributed by atoms with van der Waals surface area (Å²) in [7, 11) is 0. The van der Waals surface area contributed by atoms with Gasteiger partial charge in [-0.3, -0.25) is 4.79 Å². The van der Waals surface area contributed by atoms with Crippen LogP contribution in [0.4, 0.5) is 0 Å². The fraction of sp³-hybridized carbons (Fsp3) is 0.938. The van der Waals surface area contributed by atoms with E-state index in [1.807, 2.05) is 13.8 Å². The van der Waals surface area contributed by atoms with Crippen molar-refractivity contribution in [2.75, 3.05) is 0 Å². The van der Waals surface area contributed by atoms with Gasteiger partial charge in [-0.1, -0.05) is 41.5 Å². The van der Waals surface area contributed by atoms with Crippen LogP contribution in [0.15, 0.2) is 0 Å². The van der Waals surface area contributed by atoms with Crippen molar-refractivity contribution in [1.82, 2.24) is 0 Å². The van der Waals surface area contributed by atoms with E-state index in [9.17, 15) is 4.79 Å². The monoisotopic (exact) mass is 256 g/mol. The minimum atomic E-state index is -0.288. The molecule has 108 valence electrons. The summed E-state index contributed by atoms with van der Waals surface area (Å²) in [6.07, 6.45) is 2.32. The van der Waals surface area contributed by atoms with Crippen molar-refractivity contribution >= 4 is 5.78 Å². The molecule has 0 bridgehead atoms. The van der Waals surface area contributed by atoms with Crippen molar-refractivity contribution in [3.63, 3.8) is 0 Å². The summed E-state index contributed by atoms with van der Waals surface area (Å²) in [5.41, 5.74) is -0.511. The molecule has 2 heteroatoms. The molecule has 0 aromatic heterocycles. The highest BCUT2D eigenvalue weighted by atomic mass is 16.5. The van der Waals surface area contributed by atoms with Crippen molar-refractivity contribution in [3.05, 3.63) is 0 Å². The van der Waals surface area contributed by atoms with E-state index in [2.05, 4.69) is 41.5 Å². The van der Waals surface area contributed by atoms with Gasteiger partial charge in [0.25, 0.3) is 0 Å². The number of hydrogen-bond acceptors (Lipinski definition) is 2. The van der Waals surface area contributed by atoms with Crippen LogP contribution in [0.25, 0.3) is 0 Å². The molecule has 1 atom stereocenters. The molecule has 2 nitrogen and oxygen atoms in total. The van der Waals surface area contributed by atoms with Crippen molar-refractivity contribution in [3.8, 4) is 0 Å². The van der Waals surface area contributed by atoms with Gasteiger partial charge >= 0.3 is 0 Å². The third-order valence-electron chi connectivity index (χ3n) is 3.84. The van der Waals surface area contributed by atoms with Crippen LogP contribution < -0.4 is 0 Å². The summed E-state index contributed by atoms with van der Waals surface area (Å²) in [5.74, 6) is 0.722. The predicted molar refractivity (Wildman–Crippen MR) is 77.8 cm³/mol. The molecule has 0 amide bonds. The Labute approximate surface area is 113 Å². The lowest BCUT2D eigenvalue weighted by molar-refractivity contribution is -0.152. The summed E-state index contributed by atoms with van der Waals surface area (Å²) >= 11 is 0. The first-order chi connectivity index (χ1) is 8.05. The van der Waals surface area contributed by atoms with Gasteiger partial charge in [0.05, 0.1) is 5.60 Å². The Morgan fingerprint density at radius 1 is 1.06 bits per heavy atom. The Morgan fingerprint density at radius 3 is 1.89 bits per heavy atom. The summed E-state index contributed by atoms with van der Waals surface area (Å²) in [5, 5.41) is 0. The largest absolute Gasteiger partial charge is 0.365 e. The molecule has 0 fully saturated rings. The molecular formula is C16H32O2. The van der Waals surface area contributed by atoms with Gasteiger partial charge in [-0.2, -0.15) is 0 Å². The van der Waals surface area contributed by atoms with Crippen LogP contribution in [0.2, 0.25) is 0 Å². The second-order valence-corrected chi connectivity index (χ2v) is 6.95. The van der Waals surface area contributed by atoms with E-state index in [-0.39, 0.29) is 22.9 Å². The highest BCUT2D eigenvalue weighted by Gasteiger charge is 2.35. The summed E-state index contributed by atoms with van der Waals surface area (Å²) in [6.45, 7) is 16.6. The van der Waals surface area contributed by atoms with E-state index in [1.165, 1.54) is 0 Å². The molecule has 0 aliphatic heterocycles. The van der Waals surface area contributed by atoms with E-state index in [4.69, 9.17) is 4.74 Å². The number of hydrogen-bond donors (Lipinski definition) is 0. The Morgan fingerprint density at radius 2 is 1.56 bits per heavy atom. The summed E-state index contributed by atoms with van der Waals surface area (Å²) in [6, 6.07) is 0. The molecule has 0 aromatic carbocycles. The van der Waals surface area contributed by atoms with Crippen LogP contribution in [0, 0.1) is 11.3 Å². The third-order valence-corrected chi connectivity index (χ3v) is 3.84. The first kappa shape index (κ1) is 17.6. The second-order valence-electron chi connectivity index (χ2n) is 6.95. The Hall–Kier alpha value is -0.370. The molecule has 0 radical (unpaired) electrons. The van der Waals surface area contributed by atoms with Gasteiger partial charge in [-0.05, 0) is 39.0 Å².